The molecular formula is C26H25N2O2. The first kappa shape index (κ1) is 19.0. The van der Waals surface area contributed by atoms with E-state index in [4.69, 9.17) is 0 Å². The molecule has 0 saturated carbocycles. The second-order valence-electron chi connectivity index (χ2n) is 9.33. The lowest BCUT2D eigenvalue weighted by Crippen LogP contribution is -2.48. The molecule has 1 radical (unpaired) electrons. The van der Waals surface area contributed by atoms with Gasteiger partial charge in [-0.05, 0) is 65.6 Å². The Morgan fingerprint density at radius 3 is 2.10 bits per heavy atom. The molecule has 0 spiro atoms. The first-order valence-electron chi connectivity index (χ1n) is 10.3. The lowest BCUT2D eigenvalue weighted by Gasteiger charge is -2.33. The summed E-state index contributed by atoms with van der Waals surface area (Å²) in [5.41, 5.74) is 0.0586. The van der Waals surface area contributed by atoms with Crippen molar-refractivity contribution in [3.8, 4) is 0 Å². The zero-order valence-corrected chi connectivity index (χ0v) is 17.7. The van der Waals surface area contributed by atoms with Crippen molar-refractivity contribution in [1.82, 2.24) is 10.4 Å². The van der Waals surface area contributed by atoms with Crippen molar-refractivity contribution in [3.05, 3.63) is 71.8 Å². The number of carbonyl (C=O) groups is 1. The summed E-state index contributed by atoms with van der Waals surface area (Å²) in [6.07, 6.45) is 1.79. The Morgan fingerprint density at radius 2 is 1.47 bits per heavy atom. The molecule has 0 unspecified atom stereocenters. The summed E-state index contributed by atoms with van der Waals surface area (Å²) in [6.45, 7) is 7.69. The van der Waals surface area contributed by atoms with Crippen LogP contribution in [-0.2, 0) is 16.5 Å². The highest BCUT2D eigenvalue weighted by atomic mass is 16.5. The number of nitrogens with zero attached hydrogens (tertiary/aromatic N) is 1. The molecule has 0 aliphatic carbocycles. The summed E-state index contributed by atoms with van der Waals surface area (Å²) in [7, 11) is 0. The Labute approximate surface area is 176 Å². The van der Waals surface area contributed by atoms with E-state index in [0.29, 0.717) is 12.1 Å². The predicted octanol–water partition coefficient (Wildman–Crippen LogP) is 5.34. The van der Waals surface area contributed by atoms with Crippen LogP contribution in [0.25, 0.3) is 32.3 Å². The van der Waals surface area contributed by atoms with Crippen LogP contribution < -0.4 is 5.32 Å². The predicted molar refractivity (Wildman–Crippen MR) is 121 cm³/mol. The minimum absolute atomic E-state index is 0.183. The fraction of sp³-hybridized carbons (Fsp3) is 0.269. The Morgan fingerprint density at radius 1 is 0.867 bits per heavy atom. The molecular weight excluding hydrogens is 372 g/mol. The maximum Gasteiger partial charge on any atom is 0.249 e. The van der Waals surface area contributed by atoms with Crippen molar-refractivity contribution in [3.63, 3.8) is 0 Å². The number of rotatable bonds is 3. The van der Waals surface area contributed by atoms with E-state index in [2.05, 4.69) is 59.9 Å². The van der Waals surface area contributed by atoms with E-state index < -0.39 is 11.1 Å². The molecule has 4 aromatic carbocycles. The van der Waals surface area contributed by atoms with Gasteiger partial charge in [0.2, 0.25) is 5.91 Å². The van der Waals surface area contributed by atoms with Gasteiger partial charge in [-0.2, -0.15) is 0 Å². The fourth-order valence-corrected chi connectivity index (χ4v) is 4.98. The molecule has 30 heavy (non-hydrogen) atoms. The van der Waals surface area contributed by atoms with Crippen LogP contribution in [-0.4, -0.2) is 22.0 Å². The number of hydrogen-bond donors (Lipinski definition) is 1. The van der Waals surface area contributed by atoms with E-state index in [9.17, 15) is 10.0 Å². The van der Waals surface area contributed by atoms with E-state index in [1.807, 2.05) is 13.8 Å². The van der Waals surface area contributed by atoms with E-state index >= 15 is 0 Å². The normalized spacial score (nSPS) is 18.4. The minimum atomic E-state index is -0.851. The molecule has 0 aromatic heterocycles. The second kappa shape index (κ2) is 6.27. The van der Waals surface area contributed by atoms with E-state index in [0.717, 1.165) is 16.0 Å². The van der Waals surface area contributed by atoms with E-state index in [1.54, 1.807) is 19.9 Å². The van der Waals surface area contributed by atoms with Gasteiger partial charge < -0.3 is 5.32 Å². The highest BCUT2D eigenvalue weighted by Crippen LogP contribution is 2.39. The lowest BCUT2D eigenvalue weighted by molar-refractivity contribution is -0.238. The Hall–Kier alpha value is -2.95. The molecule has 0 fully saturated rings. The first-order valence-corrected chi connectivity index (χ1v) is 10.3. The van der Waals surface area contributed by atoms with E-state index in [1.165, 1.54) is 26.9 Å². The molecule has 1 N–H and O–H groups in total. The fourth-order valence-electron chi connectivity index (χ4n) is 4.98. The molecule has 0 atom stereocenters. The summed E-state index contributed by atoms with van der Waals surface area (Å²) in [6, 6.07) is 19.2. The monoisotopic (exact) mass is 397 g/mol. The summed E-state index contributed by atoms with van der Waals surface area (Å²) in [5, 5.41) is 24.0. The van der Waals surface area contributed by atoms with Gasteiger partial charge in [0.15, 0.2) is 0 Å². The van der Waals surface area contributed by atoms with Crippen molar-refractivity contribution in [1.29, 1.82) is 0 Å². The Balaban J connectivity index is 1.51. The molecule has 4 nitrogen and oxygen atoms in total. The van der Waals surface area contributed by atoms with Gasteiger partial charge in [0, 0.05) is 12.1 Å². The summed E-state index contributed by atoms with van der Waals surface area (Å²) in [5.74, 6) is -0.183. The van der Waals surface area contributed by atoms with Crippen LogP contribution in [0.4, 0.5) is 0 Å². The van der Waals surface area contributed by atoms with Crippen molar-refractivity contribution in [2.75, 3.05) is 0 Å². The number of hydroxylamine groups is 2. The van der Waals surface area contributed by atoms with Crippen LogP contribution in [0, 0.1) is 0 Å². The summed E-state index contributed by atoms with van der Waals surface area (Å²) in [4.78, 5) is 13.0. The summed E-state index contributed by atoms with van der Waals surface area (Å²) < 4.78 is 0. The Kier molecular flexibility index (Phi) is 3.98. The SMILES string of the molecule is CC1(C)C=C(C(=O)NCc2ccc3ccc4cccc5ccc2c3c45)C(C)(C)N1[O]. The highest BCUT2D eigenvalue weighted by Gasteiger charge is 2.48. The molecule has 4 heteroatoms. The molecule has 1 amide bonds. The largest absolute Gasteiger partial charge is 0.348 e. The lowest BCUT2D eigenvalue weighted by atomic mass is 9.92. The van der Waals surface area contributed by atoms with Gasteiger partial charge in [-0.15, -0.1) is 10.3 Å². The molecule has 4 aromatic rings. The quantitative estimate of drug-likeness (QED) is 0.474. The maximum atomic E-state index is 13.0. The molecule has 151 valence electrons. The van der Waals surface area contributed by atoms with Crippen molar-refractivity contribution in [2.24, 2.45) is 0 Å². The van der Waals surface area contributed by atoms with Crippen LogP contribution >= 0.6 is 0 Å². The van der Waals surface area contributed by atoms with Gasteiger partial charge >= 0.3 is 0 Å². The first-order chi connectivity index (χ1) is 14.2. The second-order valence-corrected chi connectivity index (χ2v) is 9.33. The van der Waals surface area contributed by atoms with Crippen molar-refractivity contribution in [2.45, 2.75) is 45.3 Å². The molecule has 0 saturated heterocycles. The average Bonchev–Trinajstić information content (AvgIpc) is 2.90. The number of benzene rings is 4. The third kappa shape index (κ3) is 2.64. The molecule has 0 bridgehead atoms. The van der Waals surface area contributed by atoms with Crippen LogP contribution in [0.1, 0.15) is 33.3 Å². The number of amides is 1. The standard InChI is InChI=1S/C26H25N2O2/c1-25(2)14-21(26(3,4)28(25)30)24(29)27-15-19-11-10-18-9-8-16-6-5-7-17-12-13-20(19)23(18)22(16)17/h5-14H,15H2,1-4H3,(H,27,29). The average molecular weight is 397 g/mol. The van der Waals surface area contributed by atoms with Gasteiger partial charge in [0.05, 0.1) is 11.1 Å². The van der Waals surface area contributed by atoms with Gasteiger partial charge in [-0.1, -0.05) is 60.7 Å². The van der Waals surface area contributed by atoms with Gasteiger partial charge in [-0.3, -0.25) is 4.79 Å². The smallest absolute Gasteiger partial charge is 0.249 e. The minimum Gasteiger partial charge on any atom is -0.348 e. The zero-order chi connectivity index (χ0) is 21.3. The third-order valence-electron chi connectivity index (χ3n) is 6.49. The highest BCUT2D eigenvalue weighted by molar-refractivity contribution is 6.23. The van der Waals surface area contributed by atoms with Crippen molar-refractivity contribution >= 4 is 38.2 Å². The molecule has 1 aliphatic heterocycles. The van der Waals surface area contributed by atoms with Gasteiger partial charge in [0.1, 0.15) is 0 Å². The molecule has 1 aliphatic rings. The van der Waals surface area contributed by atoms with Crippen LogP contribution in [0.3, 0.4) is 0 Å². The third-order valence-corrected chi connectivity index (χ3v) is 6.49. The van der Waals surface area contributed by atoms with Crippen LogP contribution in [0.15, 0.2) is 66.2 Å². The van der Waals surface area contributed by atoms with Gasteiger partial charge in [-0.25, -0.2) is 0 Å². The van der Waals surface area contributed by atoms with Crippen LogP contribution in [0.5, 0.6) is 0 Å². The van der Waals surface area contributed by atoms with Crippen LogP contribution in [0.2, 0.25) is 0 Å². The molecule has 1 heterocycles. The number of carbonyl (C=O) groups excluding carboxylic acids is 1. The van der Waals surface area contributed by atoms with Crippen molar-refractivity contribution < 1.29 is 10.0 Å². The number of nitrogens with one attached hydrogen (secondary N) is 1. The molecule has 5 rings (SSSR count). The Bertz CT molecular complexity index is 1320. The topological polar surface area (TPSA) is 52.2 Å². The van der Waals surface area contributed by atoms with Gasteiger partial charge in [0.25, 0.3) is 0 Å². The zero-order valence-electron chi connectivity index (χ0n) is 17.7. The maximum absolute atomic E-state index is 13.0. The van der Waals surface area contributed by atoms with E-state index in [-0.39, 0.29) is 5.91 Å². The number of hydrogen-bond acceptors (Lipinski definition) is 2. The summed E-state index contributed by atoms with van der Waals surface area (Å²) >= 11 is 0.